The predicted octanol–water partition coefficient (Wildman–Crippen LogP) is 2.93. The van der Waals surface area contributed by atoms with Gasteiger partial charge in [0, 0.05) is 0 Å². The largest absolute Gasteiger partial charge is 0.480 e. The third-order valence-corrected chi connectivity index (χ3v) is 2.85. The van der Waals surface area contributed by atoms with E-state index >= 15 is 0 Å². The summed E-state index contributed by atoms with van der Waals surface area (Å²) in [7, 11) is 0. The SMILES string of the molecule is CCCCCC(N)(C(=O)O)c1ccccc1.Cl. The first-order chi connectivity index (χ1) is 7.61. The van der Waals surface area contributed by atoms with Gasteiger partial charge in [-0.05, 0) is 12.0 Å². The van der Waals surface area contributed by atoms with Crippen molar-refractivity contribution in [3.05, 3.63) is 35.9 Å². The summed E-state index contributed by atoms with van der Waals surface area (Å²) in [6, 6.07) is 9.05. The highest BCUT2D eigenvalue weighted by atomic mass is 35.5. The van der Waals surface area contributed by atoms with Gasteiger partial charge in [0.25, 0.3) is 0 Å². The van der Waals surface area contributed by atoms with Crippen molar-refractivity contribution in [2.24, 2.45) is 5.73 Å². The lowest BCUT2D eigenvalue weighted by atomic mass is 9.86. The second-order valence-electron chi connectivity index (χ2n) is 4.10. The summed E-state index contributed by atoms with van der Waals surface area (Å²) in [5.41, 5.74) is 5.44. The average Bonchev–Trinajstić information content (AvgIpc) is 2.30. The highest BCUT2D eigenvalue weighted by Gasteiger charge is 2.34. The molecule has 0 saturated carbocycles. The van der Waals surface area contributed by atoms with E-state index < -0.39 is 11.5 Å². The topological polar surface area (TPSA) is 63.3 Å². The minimum absolute atomic E-state index is 0. The van der Waals surface area contributed by atoms with Gasteiger partial charge in [-0.1, -0.05) is 56.5 Å². The molecule has 0 spiro atoms. The number of hydrogen-bond donors (Lipinski definition) is 2. The zero-order chi connectivity index (χ0) is 12.0. The van der Waals surface area contributed by atoms with Crippen LogP contribution in [0.5, 0.6) is 0 Å². The van der Waals surface area contributed by atoms with Gasteiger partial charge in [0.1, 0.15) is 5.54 Å². The molecule has 0 aliphatic heterocycles. The molecule has 0 saturated heterocycles. The number of aliphatic carboxylic acids is 1. The third-order valence-electron chi connectivity index (χ3n) is 2.85. The van der Waals surface area contributed by atoms with Crippen LogP contribution in [0.4, 0.5) is 0 Å². The Kier molecular flexibility index (Phi) is 6.85. The summed E-state index contributed by atoms with van der Waals surface area (Å²) in [6.45, 7) is 2.08. The summed E-state index contributed by atoms with van der Waals surface area (Å²) in [5.74, 6) is -0.949. The summed E-state index contributed by atoms with van der Waals surface area (Å²) in [4.78, 5) is 11.3. The summed E-state index contributed by atoms with van der Waals surface area (Å²) < 4.78 is 0. The average molecular weight is 258 g/mol. The molecule has 1 unspecified atom stereocenters. The smallest absolute Gasteiger partial charge is 0.328 e. The molecule has 1 aromatic rings. The first-order valence-corrected chi connectivity index (χ1v) is 5.69. The van der Waals surface area contributed by atoms with Crippen molar-refractivity contribution in [2.75, 3.05) is 0 Å². The summed E-state index contributed by atoms with van der Waals surface area (Å²) in [5, 5.41) is 9.26. The van der Waals surface area contributed by atoms with Crippen LogP contribution in [-0.4, -0.2) is 11.1 Å². The predicted molar refractivity (Wildman–Crippen MR) is 71.3 cm³/mol. The Hall–Kier alpha value is -1.06. The van der Waals surface area contributed by atoms with Gasteiger partial charge in [0.2, 0.25) is 0 Å². The van der Waals surface area contributed by atoms with E-state index in [1.807, 2.05) is 18.2 Å². The van der Waals surface area contributed by atoms with E-state index in [2.05, 4.69) is 6.92 Å². The minimum atomic E-state index is -1.24. The molecule has 4 heteroatoms. The fourth-order valence-electron chi connectivity index (χ4n) is 1.76. The van der Waals surface area contributed by atoms with Crippen LogP contribution in [0.3, 0.4) is 0 Å². The molecule has 1 atom stereocenters. The highest BCUT2D eigenvalue weighted by Crippen LogP contribution is 2.25. The number of unbranched alkanes of at least 4 members (excludes halogenated alkanes) is 2. The van der Waals surface area contributed by atoms with Gasteiger partial charge in [-0.3, -0.25) is 0 Å². The van der Waals surface area contributed by atoms with Crippen molar-refractivity contribution in [1.29, 1.82) is 0 Å². The van der Waals surface area contributed by atoms with Gasteiger partial charge in [0.05, 0.1) is 0 Å². The Bertz CT molecular complexity index is 343. The zero-order valence-electron chi connectivity index (χ0n) is 10.1. The third kappa shape index (κ3) is 4.02. The molecule has 0 fully saturated rings. The van der Waals surface area contributed by atoms with Gasteiger partial charge in [-0.2, -0.15) is 0 Å². The second kappa shape index (κ2) is 7.30. The van der Waals surface area contributed by atoms with Crippen molar-refractivity contribution >= 4 is 18.4 Å². The van der Waals surface area contributed by atoms with Crippen LogP contribution >= 0.6 is 12.4 Å². The molecular weight excluding hydrogens is 238 g/mol. The number of carboxylic acids is 1. The van der Waals surface area contributed by atoms with Crippen molar-refractivity contribution < 1.29 is 9.90 Å². The van der Waals surface area contributed by atoms with E-state index in [1.54, 1.807) is 12.1 Å². The van der Waals surface area contributed by atoms with Crippen LogP contribution in [0, 0.1) is 0 Å². The number of hydrogen-bond acceptors (Lipinski definition) is 2. The maximum absolute atomic E-state index is 11.3. The molecule has 0 bridgehead atoms. The van der Waals surface area contributed by atoms with Gasteiger partial charge in [-0.15, -0.1) is 12.4 Å². The Labute approximate surface area is 108 Å². The van der Waals surface area contributed by atoms with E-state index in [0.29, 0.717) is 12.0 Å². The number of nitrogens with two attached hydrogens (primary N) is 1. The van der Waals surface area contributed by atoms with Crippen molar-refractivity contribution in [1.82, 2.24) is 0 Å². The van der Waals surface area contributed by atoms with Crippen molar-refractivity contribution in [3.63, 3.8) is 0 Å². The van der Waals surface area contributed by atoms with E-state index in [-0.39, 0.29) is 12.4 Å². The Morgan fingerprint density at radius 2 is 1.88 bits per heavy atom. The van der Waals surface area contributed by atoms with Gasteiger partial charge >= 0.3 is 5.97 Å². The molecule has 1 aromatic carbocycles. The first-order valence-electron chi connectivity index (χ1n) is 5.69. The highest BCUT2D eigenvalue weighted by molar-refractivity contribution is 5.85. The van der Waals surface area contributed by atoms with Gasteiger partial charge < -0.3 is 10.8 Å². The molecular formula is C13H20ClNO2. The fourth-order valence-corrected chi connectivity index (χ4v) is 1.76. The summed E-state index contributed by atoms with van der Waals surface area (Å²) in [6.07, 6.45) is 3.40. The lowest BCUT2D eigenvalue weighted by Crippen LogP contribution is -2.44. The molecule has 17 heavy (non-hydrogen) atoms. The molecule has 0 heterocycles. The molecule has 0 aliphatic rings. The zero-order valence-corrected chi connectivity index (χ0v) is 10.9. The van der Waals surface area contributed by atoms with Crippen LogP contribution in [0.1, 0.15) is 38.2 Å². The fraction of sp³-hybridized carbons (Fsp3) is 0.462. The van der Waals surface area contributed by atoms with Crippen LogP contribution < -0.4 is 5.73 Å². The second-order valence-corrected chi connectivity index (χ2v) is 4.10. The Balaban J connectivity index is 0.00000256. The molecule has 3 N–H and O–H groups in total. The standard InChI is InChI=1S/C13H19NO2.ClH/c1-2-3-7-10-13(14,12(15)16)11-8-5-4-6-9-11;/h4-6,8-9H,2-3,7,10,14H2,1H3,(H,15,16);1H. The number of halogens is 1. The van der Waals surface area contributed by atoms with E-state index in [9.17, 15) is 9.90 Å². The first kappa shape index (κ1) is 15.9. The molecule has 0 amide bonds. The van der Waals surface area contributed by atoms with Crippen LogP contribution in [0.15, 0.2) is 30.3 Å². The van der Waals surface area contributed by atoms with E-state index in [0.717, 1.165) is 19.3 Å². The summed E-state index contributed by atoms with van der Waals surface area (Å²) >= 11 is 0. The normalized spacial score (nSPS) is 13.5. The van der Waals surface area contributed by atoms with Gasteiger partial charge in [0.15, 0.2) is 0 Å². The monoisotopic (exact) mass is 257 g/mol. The maximum Gasteiger partial charge on any atom is 0.328 e. The Morgan fingerprint density at radius 3 is 2.35 bits per heavy atom. The van der Waals surface area contributed by atoms with E-state index in [1.165, 1.54) is 0 Å². The molecule has 3 nitrogen and oxygen atoms in total. The van der Waals surface area contributed by atoms with Crippen LogP contribution in [-0.2, 0) is 10.3 Å². The van der Waals surface area contributed by atoms with Crippen LogP contribution in [0.2, 0.25) is 0 Å². The lowest BCUT2D eigenvalue weighted by molar-refractivity contribution is -0.144. The van der Waals surface area contributed by atoms with Crippen LogP contribution in [0.25, 0.3) is 0 Å². The number of benzene rings is 1. The minimum Gasteiger partial charge on any atom is -0.480 e. The number of rotatable bonds is 6. The molecule has 0 aliphatic carbocycles. The number of carbonyl (C=O) groups is 1. The van der Waals surface area contributed by atoms with Gasteiger partial charge in [-0.25, -0.2) is 4.79 Å². The Morgan fingerprint density at radius 1 is 1.29 bits per heavy atom. The molecule has 0 radical (unpaired) electrons. The lowest BCUT2D eigenvalue weighted by Gasteiger charge is -2.25. The molecule has 96 valence electrons. The maximum atomic E-state index is 11.3. The molecule has 1 rings (SSSR count). The van der Waals surface area contributed by atoms with Crippen molar-refractivity contribution in [3.8, 4) is 0 Å². The van der Waals surface area contributed by atoms with Crippen molar-refractivity contribution in [2.45, 2.75) is 38.1 Å². The number of carboxylic acid groups (broad SMARTS) is 1. The van der Waals surface area contributed by atoms with E-state index in [4.69, 9.17) is 5.73 Å². The quantitative estimate of drug-likeness (QED) is 0.770. The molecule has 0 aromatic heterocycles.